The average Bonchev–Trinajstić information content (AvgIpc) is 2.89. The molecule has 0 amide bonds. The summed E-state index contributed by atoms with van der Waals surface area (Å²) in [5.41, 5.74) is -2.85. The fourth-order valence-electron chi connectivity index (χ4n) is 7.39. The van der Waals surface area contributed by atoms with E-state index in [4.69, 9.17) is 21.4 Å². The molecule has 0 aromatic heterocycles. The van der Waals surface area contributed by atoms with E-state index < -0.39 is 53.5 Å². The standard InChI is InChI=1S/C22H30ClO8P.2Na/c1-12-8-16-15-5-4-13-9-14(24)6-7-19(13,2)21(15,23)17(25)10-20(16,3)22(12,27)18(26)11-31-32(28,29)30;;/h6-7,9,12,15-17,25,27H,4-5,8,10-11H2,1-3H3,(H2,28,29,30);;/q;2*+1/t12-,15-,16-,17-,19-,20-,21-,22-;;/m0../s1. The number of phosphoric acid groups is 1. The molecule has 0 saturated heterocycles. The van der Waals surface area contributed by atoms with E-state index in [1.807, 2.05) is 6.92 Å². The van der Waals surface area contributed by atoms with E-state index in [-0.39, 0.29) is 83.2 Å². The Balaban J connectivity index is 0.00000204. The molecule has 4 rings (SSSR count). The van der Waals surface area contributed by atoms with Crippen molar-refractivity contribution in [3.05, 3.63) is 23.8 Å². The first-order valence-corrected chi connectivity index (χ1v) is 12.8. The molecule has 8 atom stereocenters. The zero-order chi connectivity index (χ0) is 23.9. The van der Waals surface area contributed by atoms with Crippen LogP contribution in [0.4, 0.5) is 0 Å². The van der Waals surface area contributed by atoms with E-state index in [1.165, 1.54) is 6.08 Å². The van der Waals surface area contributed by atoms with E-state index in [2.05, 4.69) is 4.52 Å². The van der Waals surface area contributed by atoms with Crippen LogP contribution in [-0.2, 0) is 18.7 Å². The first-order chi connectivity index (χ1) is 14.6. The number of carbonyl (C=O) groups excluding carboxylic acids is 2. The zero-order valence-electron chi connectivity index (χ0n) is 20.3. The Morgan fingerprint density at radius 3 is 2.47 bits per heavy atom. The van der Waals surface area contributed by atoms with E-state index in [9.17, 15) is 24.4 Å². The average molecular weight is 535 g/mol. The first-order valence-electron chi connectivity index (χ1n) is 10.9. The van der Waals surface area contributed by atoms with Crippen LogP contribution in [0.15, 0.2) is 23.8 Å². The summed E-state index contributed by atoms with van der Waals surface area (Å²) in [5.74, 6) is -1.90. The number of carbonyl (C=O) groups is 2. The molecule has 0 bridgehead atoms. The minimum absolute atomic E-state index is 0. The van der Waals surface area contributed by atoms with Crippen LogP contribution in [0.3, 0.4) is 0 Å². The summed E-state index contributed by atoms with van der Waals surface area (Å²) in [6, 6.07) is 0. The molecule has 3 saturated carbocycles. The Labute approximate surface area is 248 Å². The van der Waals surface area contributed by atoms with Crippen molar-refractivity contribution in [2.75, 3.05) is 6.61 Å². The third kappa shape index (κ3) is 4.31. The molecule has 0 radical (unpaired) electrons. The topological polar surface area (TPSA) is 141 Å². The molecule has 8 nitrogen and oxygen atoms in total. The quantitative estimate of drug-likeness (QED) is 0.164. The van der Waals surface area contributed by atoms with Crippen molar-refractivity contribution in [2.45, 2.75) is 63.0 Å². The van der Waals surface area contributed by atoms with Crippen molar-refractivity contribution in [3.8, 4) is 0 Å². The predicted molar refractivity (Wildman–Crippen MR) is 116 cm³/mol. The SMILES string of the molecule is C[C@H]1C[C@H]2[C@@H]3CCC4=CC(=O)C=C[C@]4(C)[C@@]3(Cl)[C@@H](O)C[C@]2(C)[C@@]1(O)C(=O)COP(=O)(O)O.[Na+].[Na+]. The maximum atomic E-state index is 13.1. The zero-order valence-corrected chi connectivity index (χ0v) is 26.0. The van der Waals surface area contributed by atoms with Crippen LogP contribution >= 0.6 is 19.4 Å². The number of fused-ring (bicyclic) bond motifs is 5. The van der Waals surface area contributed by atoms with Crippen LogP contribution in [0.25, 0.3) is 0 Å². The van der Waals surface area contributed by atoms with Crippen molar-refractivity contribution >= 4 is 31.0 Å². The summed E-state index contributed by atoms with van der Waals surface area (Å²) in [5, 5.41) is 23.1. The van der Waals surface area contributed by atoms with Crippen LogP contribution in [-0.4, -0.2) is 54.8 Å². The number of phosphoric ester groups is 1. The molecule has 4 N–H and O–H groups in total. The van der Waals surface area contributed by atoms with Crippen molar-refractivity contribution in [3.63, 3.8) is 0 Å². The van der Waals surface area contributed by atoms with Gasteiger partial charge in [-0.15, -0.1) is 11.6 Å². The summed E-state index contributed by atoms with van der Waals surface area (Å²) >= 11 is 7.31. The maximum absolute atomic E-state index is 13.1. The predicted octanol–water partition coefficient (Wildman–Crippen LogP) is -3.71. The number of ketones is 2. The third-order valence-corrected chi connectivity index (χ3v) is 10.4. The van der Waals surface area contributed by atoms with Gasteiger partial charge in [-0.1, -0.05) is 32.4 Å². The van der Waals surface area contributed by atoms with Gasteiger partial charge in [-0.25, -0.2) is 4.57 Å². The van der Waals surface area contributed by atoms with Crippen LogP contribution < -0.4 is 59.1 Å². The largest absolute Gasteiger partial charge is 1.00 e. The Bertz CT molecular complexity index is 984. The fourth-order valence-corrected chi connectivity index (χ4v) is 8.20. The summed E-state index contributed by atoms with van der Waals surface area (Å²) in [4.78, 5) is 41.9. The van der Waals surface area contributed by atoms with Crippen LogP contribution in [0, 0.1) is 28.6 Å². The molecule has 0 aromatic carbocycles. The van der Waals surface area contributed by atoms with Gasteiger partial charge in [-0.3, -0.25) is 14.1 Å². The minimum Gasteiger partial charge on any atom is -0.391 e. The number of hydrogen-bond acceptors (Lipinski definition) is 6. The van der Waals surface area contributed by atoms with Crippen molar-refractivity contribution in [2.24, 2.45) is 28.6 Å². The summed E-state index contributed by atoms with van der Waals surface area (Å²) in [6.45, 7) is 4.49. The smallest absolute Gasteiger partial charge is 0.391 e. The Hall–Kier alpha value is 1.14. The molecule has 4 aliphatic carbocycles. The number of alkyl halides is 1. The number of aliphatic hydroxyl groups is 2. The third-order valence-electron chi connectivity index (χ3n) is 9.01. The Morgan fingerprint density at radius 1 is 1.26 bits per heavy atom. The van der Waals surface area contributed by atoms with Gasteiger partial charge >= 0.3 is 66.9 Å². The van der Waals surface area contributed by atoms with Gasteiger partial charge in [0.15, 0.2) is 11.6 Å². The summed E-state index contributed by atoms with van der Waals surface area (Å²) in [7, 11) is -4.89. The second-order valence-corrected chi connectivity index (χ2v) is 12.2. The number of rotatable bonds is 4. The molecule has 0 spiro atoms. The van der Waals surface area contributed by atoms with Crippen LogP contribution in [0.5, 0.6) is 0 Å². The summed E-state index contributed by atoms with van der Waals surface area (Å²) in [6.07, 6.45) is 5.48. The van der Waals surface area contributed by atoms with E-state index in [1.54, 1.807) is 26.0 Å². The number of Topliss-reactive ketones (excluding diaryl/α,β-unsaturated/α-hetero) is 1. The van der Waals surface area contributed by atoms with Crippen LogP contribution in [0.1, 0.15) is 46.5 Å². The van der Waals surface area contributed by atoms with Gasteiger partial charge in [-0.2, -0.15) is 0 Å². The molecule has 3 fully saturated rings. The Kier molecular flexibility index (Phi) is 9.25. The monoisotopic (exact) mass is 534 g/mol. The normalized spacial score (nSPS) is 45.2. The number of halogens is 1. The van der Waals surface area contributed by atoms with Gasteiger partial charge in [-0.05, 0) is 55.6 Å². The minimum atomic E-state index is -4.89. The summed E-state index contributed by atoms with van der Waals surface area (Å²) < 4.78 is 15.5. The molecule has 0 aliphatic heterocycles. The Morgan fingerprint density at radius 2 is 1.88 bits per heavy atom. The molecular formula is C22H30ClNa2O8P+2. The maximum Gasteiger partial charge on any atom is 1.00 e. The van der Waals surface area contributed by atoms with Gasteiger partial charge in [0.05, 0.1) is 11.0 Å². The molecule has 12 heteroatoms. The molecule has 0 heterocycles. The van der Waals surface area contributed by atoms with Crippen molar-refractivity contribution in [1.29, 1.82) is 0 Å². The molecular weight excluding hydrogens is 505 g/mol. The van der Waals surface area contributed by atoms with Gasteiger partial charge in [0.2, 0.25) is 0 Å². The second-order valence-electron chi connectivity index (χ2n) is 10.4. The molecule has 4 aliphatic rings. The first kappa shape index (κ1) is 31.4. The van der Waals surface area contributed by atoms with Crippen molar-refractivity contribution < 1.29 is 97.8 Å². The van der Waals surface area contributed by atoms with E-state index in [0.29, 0.717) is 19.3 Å². The molecule has 178 valence electrons. The van der Waals surface area contributed by atoms with Gasteiger partial charge in [0.25, 0.3) is 0 Å². The van der Waals surface area contributed by atoms with E-state index in [0.717, 1.165) is 5.57 Å². The number of hydrogen-bond donors (Lipinski definition) is 4. The number of allylic oxidation sites excluding steroid dienone is 4. The second kappa shape index (κ2) is 10.0. The van der Waals surface area contributed by atoms with Crippen molar-refractivity contribution in [1.82, 2.24) is 0 Å². The van der Waals surface area contributed by atoms with Gasteiger partial charge < -0.3 is 20.0 Å². The van der Waals surface area contributed by atoms with Gasteiger partial charge in [0, 0.05) is 10.8 Å². The van der Waals surface area contributed by atoms with Crippen LogP contribution in [0.2, 0.25) is 0 Å². The number of aliphatic hydroxyl groups excluding tert-OH is 1. The molecule has 34 heavy (non-hydrogen) atoms. The fraction of sp³-hybridized carbons (Fsp3) is 0.727. The molecule has 0 aromatic rings. The van der Waals surface area contributed by atoms with E-state index >= 15 is 0 Å². The van der Waals surface area contributed by atoms with Gasteiger partial charge in [0.1, 0.15) is 12.2 Å². The molecule has 0 unspecified atom stereocenters.